The summed E-state index contributed by atoms with van der Waals surface area (Å²) < 4.78 is 32.7. The van der Waals surface area contributed by atoms with Crippen LogP contribution in [0.2, 0.25) is 0 Å². The van der Waals surface area contributed by atoms with Gasteiger partial charge in [0.15, 0.2) is 6.10 Å². The number of carbonyl (C=O) groups excluding carboxylic acids is 2. The van der Waals surface area contributed by atoms with E-state index in [-0.39, 0.29) is 32.6 Å². The van der Waals surface area contributed by atoms with Crippen LogP contribution in [0.4, 0.5) is 0 Å². The van der Waals surface area contributed by atoms with Gasteiger partial charge in [-0.05, 0) is 83.5 Å². The summed E-state index contributed by atoms with van der Waals surface area (Å²) in [6.07, 6.45) is 52.3. The number of esters is 2. The summed E-state index contributed by atoms with van der Waals surface area (Å²) in [6, 6.07) is 0. The van der Waals surface area contributed by atoms with E-state index in [0.29, 0.717) is 19.3 Å². The smallest absolute Gasteiger partial charge is 0.462 e. The molecule has 0 fully saturated rings. The molecule has 9 nitrogen and oxygen atoms in total. The van der Waals surface area contributed by atoms with E-state index in [9.17, 15) is 19.0 Å². The molecule has 0 amide bonds. The number of ether oxygens (including phenoxy) is 2. The summed E-state index contributed by atoms with van der Waals surface area (Å²) in [7, 11) is -4.40. The van der Waals surface area contributed by atoms with Crippen LogP contribution >= 0.6 is 7.82 Å². The van der Waals surface area contributed by atoms with Gasteiger partial charge < -0.3 is 20.1 Å². The fraction of sp³-hybridized carbons (Fsp3) is 0.702. The van der Waals surface area contributed by atoms with Crippen LogP contribution in [0, 0.1) is 0 Å². The topological polar surface area (TPSA) is 134 Å². The maximum Gasteiger partial charge on any atom is 0.472 e. The predicted octanol–water partition coefficient (Wildman–Crippen LogP) is 13.1. The van der Waals surface area contributed by atoms with Gasteiger partial charge >= 0.3 is 19.8 Å². The van der Waals surface area contributed by atoms with E-state index in [1.54, 1.807) is 0 Å². The van der Waals surface area contributed by atoms with Crippen LogP contribution in [0.25, 0.3) is 0 Å². The quantitative estimate of drug-likeness (QED) is 0.0267. The molecular weight excluding hydrogens is 737 g/mol. The molecule has 0 bridgehead atoms. The second-order valence-corrected chi connectivity index (χ2v) is 16.0. The molecule has 0 saturated carbocycles. The number of allylic oxidation sites excluding steroid dienone is 12. The highest BCUT2D eigenvalue weighted by atomic mass is 31.2. The molecule has 0 aliphatic rings. The van der Waals surface area contributed by atoms with Crippen molar-refractivity contribution in [2.24, 2.45) is 5.73 Å². The number of carbonyl (C=O) groups is 2. The van der Waals surface area contributed by atoms with Crippen LogP contribution in [0.15, 0.2) is 72.9 Å². The van der Waals surface area contributed by atoms with Crippen molar-refractivity contribution in [2.45, 2.75) is 187 Å². The predicted molar refractivity (Wildman–Crippen MR) is 238 cm³/mol. The standard InChI is InChI=1S/C47H82NO8P/c1-3-5-7-9-11-13-15-17-19-20-21-22-23-24-26-28-30-32-34-36-38-40-47(50)56-45(44-55-57(51,52)54-42-41-48)43-53-46(49)39-37-35-33-31-29-27-25-18-16-14-12-10-8-6-4-2/h18-20,22-23,25-26,28-29,31-32,34,45H,3-17,21,24,27,30,33,35-44,48H2,1-2H3,(H,51,52)/b20-19+,23-22+,25-18+,28-26+,31-29+,34-32+/t45-/m1/s1. The van der Waals surface area contributed by atoms with Crippen molar-refractivity contribution in [2.75, 3.05) is 26.4 Å². The second-order valence-electron chi connectivity index (χ2n) is 14.6. The van der Waals surface area contributed by atoms with Crippen LogP contribution in [-0.4, -0.2) is 49.3 Å². The van der Waals surface area contributed by atoms with E-state index in [1.807, 2.05) is 6.08 Å². The Morgan fingerprint density at radius 1 is 0.526 bits per heavy atom. The van der Waals surface area contributed by atoms with Gasteiger partial charge in [0.1, 0.15) is 6.61 Å². The Morgan fingerprint density at radius 2 is 0.930 bits per heavy atom. The number of unbranched alkanes of at least 4 members (excludes halogenated alkanes) is 16. The molecular formula is C47H82NO8P. The zero-order chi connectivity index (χ0) is 41.8. The third kappa shape index (κ3) is 42.9. The molecule has 0 saturated heterocycles. The maximum atomic E-state index is 12.6. The summed E-state index contributed by atoms with van der Waals surface area (Å²) in [6.45, 7) is 3.61. The van der Waals surface area contributed by atoms with Gasteiger partial charge in [-0.15, -0.1) is 0 Å². The number of phosphoric acid groups is 1. The zero-order valence-corrected chi connectivity index (χ0v) is 36.9. The molecule has 0 rings (SSSR count). The van der Waals surface area contributed by atoms with Gasteiger partial charge in [-0.1, -0.05) is 157 Å². The average molecular weight is 820 g/mol. The molecule has 10 heteroatoms. The Hall–Kier alpha value is -2.55. The highest BCUT2D eigenvalue weighted by Crippen LogP contribution is 2.43. The van der Waals surface area contributed by atoms with E-state index in [4.69, 9.17) is 24.3 Å². The molecule has 0 aliphatic heterocycles. The van der Waals surface area contributed by atoms with Crippen LogP contribution in [0.1, 0.15) is 181 Å². The van der Waals surface area contributed by atoms with E-state index in [1.165, 1.54) is 89.9 Å². The molecule has 0 heterocycles. The second kappa shape index (κ2) is 43.0. The van der Waals surface area contributed by atoms with Gasteiger partial charge in [-0.2, -0.15) is 0 Å². The van der Waals surface area contributed by atoms with Crippen molar-refractivity contribution < 1.29 is 37.6 Å². The first-order valence-electron chi connectivity index (χ1n) is 22.4. The lowest BCUT2D eigenvalue weighted by molar-refractivity contribution is -0.161. The van der Waals surface area contributed by atoms with E-state index >= 15 is 0 Å². The normalized spacial score (nSPS) is 14.0. The van der Waals surface area contributed by atoms with Crippen LogP contribution in [-0.2, 0) is 32.7 Å². The minimum absolute atomic E-state index is 0.0374. The Bertz CT molecular complexity index is 1160. The Kier molecular flexibility index (Phi) is 41.1. The lowest BCUT2D eigenvalue weighted by Crippen LogP contribution is -2.29. The molecule has 2 atom stereocenters. The van der Waals surface area contributed by atoms with E-state index in [2.05, 4.69) is 80.7 Å². The van der Waals surface area contributed by atoms with Crippen molar-refractivity contribution >= 4 is 19.8 Å². The van der Waals surface area contributed by atoms with Gasteiger partial charge in [-0.3, -0.25) is 18.6 Å². The minimum atomic E-state index is -4.40. The maximum absolute atomic E-state index is 12.6. The van der Waals surface area contributed by atoms with Gasteiger partial charge in [-0.25, -0.2) is 4.57 Å². The largest absolute Gasteiger partial charge is 0.472 e. The highest BCUT2D eigenvalue weighted by Gasteiger charge is 2.25. The molecule has 328 valence electrons. The van der Waals surface area contributed by atoms with Gasteiger partial charge in [0.2, 0.25) is 0 Å². The first kappa shape index (κ1) is 54.5. The SMILES string of the molecule is CCCCCCCC/C=C/C/C=C/CCCCC(=O)OC[C@H](COP(=O)(O)OCCN)OC(=O)CCC/C=C/C/C=C/C/C=C/C/C=C/CCCCCCCCC. The third-order valence-electron chi connectivity index (χ3n) is 9.06. The van der Waals surface area contributed by atoms with Crippen LogP contribution in [0.5, 0.6) is 0 Å². The first-order chi connectivity index (χ1) is 27.8. The monoisotopic (exact) mass is 820 g/mol. The Labute approximate surface area is 348 Å². The van der Waals surface area contributed by atoms with Crippen molar-refractivity contribution in [3.8, 4) is 0 Å². The molecule has 0 aliphatic carbocycles. The highest BCUT2D eigenvalue weighted by molar-refractivity contribution is 7.47. The van der Waals surface area contributed by atoms with E-state index in [0.717, 1.165) is 44.9 Å². The summed E-state index contributed by atoms with van der Waals surface area (Å²) in [5, 5.41) is 0. The summed E-state index contributed by atoms with van der Waals surface area (Å²) in [4.78, 5) is 34.8. The first-order valence-corrected chi connectivity index (χ1v) is 23.9. The summed E-state index contributed by atoms with van der Waals surface area (Å²) >= 11 is 0. The summed E-state index contributed by atoms with van der Waals surface area (Å²) in [5.41, 5.74) is 5.34. The molecule has 0 radical (unpaired) electrons. The minimum Gasteiger partial charge on any atom is -0.462 e. The molecule has 57 heavy (non-hydrogen) atoms. The van der Waals surface area contributed by atoms with Crippen molar-refractivity contribution in [3.63, 3.8) is 0 Å². The number of phosphoric ester groups is 1. The average Bonchev–Trinajstić information content (AvgIpc) is 3.20. The Morgan fingerprint density at radius 3 is 1.40 bits per heavy atom. The van der Waals surface area contributed by atoms with E-state index < -0.39 is 32.5 Å². The van der Waals surface area contributed by atoms with Gasteiger partial charge in [0.05, 0.1) is 13.2 Å². The number of hydrogen-bond donors (Lipinski definition) is 2. The number of nitrogens with two attached hydrogens (primary N) is 1. The van der Waals surface area contributed by atoms with Crippen LogP contribution in [0.3, 0.4) is 0 Å². The molecule has 0 aromatic heterocycles. The van der Waals surface area contributed by atoms with Crippen LogP contribution < -0.4 is 5.73 Å². The Balaban J connectivity index is 4.30. The number of rotatable bonds is 41. The van der Waals surface area contributed by atoms with Gasteiger partial charge in [0.25, 0.3) is 0 Å². The zero-order valence-electron chi connectivity index (χ0n) is 36.0. The molecule has 0 aromatic rings. The summed E-state index contributed by atoms with van der Waals surface area (Å²) in [5.74, 6) is -0.937. The molecule has 3 N–H and O–H groups in total. The fourth-order valence-corrected chi connectivity index (χ4v) is 6.48. The van der Waals surface area contributed by atoms with Crippen molar-refractivity contribution in [1.82, 2.24) is 0 Å². The molecule has 1 unspecified atom stereocenters. The van der Waals surface area contributed by atoms with Gasteiger partial charge in [0, 0.05) is 19.4 Å². The molecule has 0 aromatic carbocycles. The van der Waals surface area contributed by atoms with Crippen molar-refractivity contribution in [3.05, 3.63) is 72.9 Å². The third-order valence-corrected chi connectivity index (χ3v) is 10.0. The van der Waals surface area contributed by atoms with Crippen molar-refractivity contribution in [1.29, 1.82) is 0 Å². The number of hydrogen-bond acceptors (Lipinski definition) is 8. The fourth-order valence-electron chi connectivity index (χ4n) is 5.71. The molecule has 0 spiro atoms. The lowest BCUT2D eigenvalue weighted by atomic mass is 10.1. The lowest BCUT2D eigenvalue weighted by Gasteiger charge is -2.19.